The number of anilines is 1. The maximum Gasteiger partial charge on any atom is 0.124 e. The van der Waals surface area contributed by atoms with Crippen LogP contribution >= 0.6 is 0 Å². The molecule has 0 bridgehead atoms. The van der Waals surface area contributed by atoms with Gasteiger partial charge in [-0.05, 0) is 68.7 Å². The molecule has 5 rings (SSSR count). The molecule has 4 heteroatoms. The number of H-pyrrole nitrogens is 1. The Hall–Kier alpha value is -3.55. The molecule has 172 valence electrons. The van der Waals surface area contributed by atoms with Gasteiger partial charge in [0, 0.05) is 45.4 Å². The van der Waals surface area contributed by atoms with Crippen molar-refractivity contribution in [2.75, 3.05) is 5.32 Å². The van der Waals surface area contributed by atoms with Gasteiger partial charge in [-0.3, -0.25) is 0 Å². The number of hydrogen-bond acceptors (Lipinski definition) is 2. The molecule has 0 radical (unpaired) electrons. The smallest absolute Gasteiger partial charge is 0.124 e. The van der Waals surface area contributed by atoms with Gasteiger partial charge in [0.25, 0.3) is 0 Å². The Bertz CT molecular complexity index is 1490. The lowest BCUT2D eigenvalue weighted by atomic mass is 9.75. The number of benzene rings is 3. The highest BCUT2D eigenvalue weighted by Crippen LogP contribution is 2.46. The second-order valence-corrected chi connectivity index (χ2v) is 9.95. The largest absolute Gasteiger partial charge is 0.390 e. The molecule has 2 unspecified atom stereocenters. The van der Waals surface area contributed by atoms with Gasteiger partial charge in [-0.2, -0.15) is 0 Å². The van der Waals surface area contributed by atoms with Crippen molar-refractivity contribution in [1.82, 2.24) is 4.98 Å². The van der Waals surface area contributed by atoms with Gasteiger partial charge in [0.2, 0.25) is 0 Å². The summed E-state index contributed by atoms with van der Waals surface area (Å²) in [5, 5.41) is 15.9. The molecule has 3 aromatic carbocycles. The highest BCUT2D eigenvalue weighted by Gasteiger charge is 2.40. The third kappa shape index (κ3) is 3.57. The molecular weight excluding hydrogens is 423 g/mol. The number of aryl methyl sites for hydroxylation is 2. The van der Waals surface area contributed by atoms with E-state index in [0.717, 1.165) is 39.0 Å². The Labute approximate surface area is 200 Å². The fraction of sp³-hybridized carbons (Fsp3) is 0.267. The van der Waals surface area contributed by atoms with Crippen LogP contribution in [0.5, 0.6) is 0 Å². The molecule has 0 spiro atoms. The number of para-hydroxylation sites is 1. The summed E-state index contributed by atoms with van der Waals surface area (Å²) in [6.07, 6.45) is 1.43. The third-order valence-electron chi connectivity index (χ3n) is 7.05. The minimum atomic E-state index is -0.590. The number of aromatic amines is 1. The lowest BCUT2D eigenvalue weighted by Gasteiger charge is -2.43. The van der Waals surface area contributed by atoms with Crippen molar-refractivity contribution in [1.29, 1.82) is 0 Å². The number of nitrogens with one attached hydrogen (secondary N) is 2. The van der Waals surface area contributed by atoms with Crippen LogP contribution in [0.1, 0.15) is 54.5 Å². The fourth-order valence-corrected chi connectivity index (χ4v) is 5.21. The number of hydrogen-bond donors (Lipinski definition) is 3. The number of rotatable bonds is 1. The van der Waals surface area contributed by atoms with Crippen LogP contribution < -0.4 is 5.32 Å². The van der Waals surface area contributed by atoms with Crippen LogP contribution in [0.25, 0.3) is 22.0 Å². The van der Waals surface area contributed by atoms with Crippen molar-refractivity contribution < 1.29 is 9.50 Å². The van der Waals surface area contributed by atoms with Gasteiger partial charge in [-0.25, -0.2) is 4.39 Å². The van der Waals surface area contributed by atoms with Crippen molar-refractivity contribution in [2.24, 2.45) is 0 Å². The van der Waals surface area contributed by atoms with Crippen LogP contribution in [0.3, 0.4) is 0 Å². The van der Waals surface area contributed by atoms with Gasteiger partial charge in [0.15, 0.2) is 0 Å². The molecule has 1 aliphatic rings. The molecule has 0 saturated heterocycles. The topological polar surface area (TPSA) is 48.0 Å². The molecule has 4 aromatic rings. The van der Waals surface area contributed by atoms with Crippen molar-refractivity contribution in [2.45, 2.75) is 52.2 Å². The Morgan fingerprint density at radius 2 is 1.74 bits per heavy atom. The first-order valence-electron chi connectivity index (χ1n) is 11.7. The second kappa shape index (κ2) is 8.04. The number of fused-ring (bicyclic) bond motifs is 2. The van der Waals surface area contributed by atoms with E-state index in [4.69, 9.17) is 0 Å². The van der Waals surface area contributed by atoms with E-state index in [9.17, 15) is 9.50 Å². The van der Waals surface area contributed by atoms with Gasteiger partial charge >= 0.3 is 0 Å². The zero-order valence-corrected chi connectivity index (χ0v) is 20.2. The average Bonchev–Trinajstić information content (AvgIpc) is 3.18. The molecule has 2 atom stereocenters. The maximum absolute atomic E-state index is 13.8. The Balaban J connectivity index is 1.83. The first kappa shape index (κ1) is 22.3. The van der Waals surface area contributed by atoms with Gasteiger partial charge in [0.05, 0.1) is 17.2 Å². The molecule has 1 aromatic heterocycles. The molecule has 0 fully saturated rings. The Morgan fingerprint density at radius 3 is 2.50 bits per heavy atom. The van der Waals surface area contributed by atoms with Crippen LogP contribution in [0, 0.1) is 31.5 Å². The van der Waals surface area contributed by atoms with Gasteiger partial charge in [-0.15, -0.1) is 0 Å². The van der Waals surface area contributed by atoms with Crippen molar-refractivity contribution in [3.8, 4) is 23.0 Å². The Kier molecular flexibility index (Phi) is 5.26. The first-order valence-corrected chi connectivity index (χ1v) is 11.7. The standard InChI is InChI=1S/C30H29FN2O/c1-17-14-25(24-11-7-10-22-18(2)16-32-28(22)24)23(13-12-20-8-6-9-21(31)15-20)26-19(3)29(34)30(4,5)33-27(17)26/h6-11,14-16,19,29,32-34H,1-5H3. The summed E-state index contributed by atoms with van der Waals surface area (Å²) in [7, 11) is 0. The summed E-state index contributed by atoms with van der Waals surface area (Å²) in [4.78, 5) is 3.43. The summed E-state index contributed by atoms with van der Waals surface area (Å²) < 4.78 is 13.8. The van der Waals surface area contributed by atoms with E-state index in [1.54, 1.807) is 6.07 Å². The van der Waals surface area contributed by atoms with Crippen LogP contribution in [-0.4, -0.2) is 21.7 Å². The van der Waals surface area contributed by atoms with Gasteiger partial charge in [0.1, 0.15) is 5.82 Å². The summed E-state index contributed by atoms with van der Waals surface area (Å²) in [5.41, 5.74) is 8.45. The number of halogens is 1. The highest BCUT2D eigenvalue weighted by atomic mass is 19.1. The predicted molar refractivity (Wildman–Crippen MR) is 138 cm³/mol. The Morgan fingerprint density at radius 1 is 0.971 bits per heavy atom. The second-order valence-electron chi connectivity index (χ2n) is 9.95. The minimum Gasteiger partial charge on any atom is -0.390 e. The first-order chi connectivity index (χ1) is 16.2. The monoisotopic (exact) mass is 452 g/mol. The van der Waals surface area contributed by atoms with E-state index in [0.29, 0.717) is 5.56 Å². The van der Waals surface area contributed by atoms with Gasteiger partial charge < -0.3 is 15.4 Å². The number of aromatic nitrogens is 1. The molecule has 0 aliphatic carbocycles. The summed E-state index contributed by atoms with van der Waals surface area (Å²) in [6, 6.07) is 14.8. The zero-order chi connectivity index (χ0) is 24.2. The quantitative estimate of drug-likeness (QED) is 0.283. The van der Waals surface area contributed by atoms with E-state index in [-0.39, 0.29) is 11.7 Å². The molecule has 1 aliphatic heterocycles. The minimum absolute atomic E-state index is 0.133. The lowest BCUT2D eigenvalue weighted by Crippen LogP contribution is -2.50. The van der Waals surface area contributed by atoms with E-state index < -0.39 is 11.6 Å². The van der Waals surface area contributed by atoms with Crippen LogP contribution in [0.15, 0.2) is 54.7 Å². The zero-order valence-electron chi connectivity index (χ0n) is 20.2. The molecule has 3 N–H and O–H groups in total. The molecule has 0 amide bonds. The molecule has 2 heterocycles. The van der Waals surface area contributed by atoms with E-state index in [2.05, 4.69) is 67.2 Å². The molecule has 34 heavy (non-hydrogen) atoms. The van der Waals surface area contributed by atoms with Crippen LogP contribution in [0.2, 0.25) is 0 Å². The normalized spacial score (nSPS) is 18.7. The highest BCUT2D eigenvalue weighted by molar-refractivity contribution is 5.98. The van der Waals surface area contributed by atoms with E-state index in [1.807, 2.05) is 26.1 Å². The summed E-state index contributed by atoms with van der Waals surface area (Å²) in [5.74, 6) is 6.12. The number of aliphatic hydroxyl groups excluding tert-OH is 1. The van der Waals surface area contributed by atoms with Crippen LogP contribution in [-0.2, 0) is 0 Å². The average molecular weight is 453 g/mol. The van der Waals surface area contributed by atoms with Crippen molar-refractivity contribution in [3.05, 3.63) is 88.4 Å². The lowest BCUT2D eigenvalue weighted by molar-refractivity contribution is 0.0868. The SMILES string of the molecule is Cc1cc(-c2cccc3c(C)c[nH]c23)c(C#Cc2cccc(F)c2)c2c1NC(C)(C)C(O)C2C. The van der Waals surface area contributed by atoms with Gasteiger partial charge in [-0.1, -0.05) is 43.0 Å². The summed E-state index contributed by atoms with van der Waals surface area (Å²) >= 11 is 0. The van der Waals surface area contributed by atoms with E-state index in [1.165, 1.54) is 23.1 Å². The summed E-state index contributed by atoms with van der Waals surface area (Å²) in [6.45, 7) is 10.3. The third-order valence-corrected chi connectivity index (χ3v) is 7.05. The fourth-order valence-electron chi connectivity index (χ4n) is 5.21. The number of aliphatic hydroxyl groups is 1. The van der Waals surface area contributed by atoms with E-state index >= 15 is 0 Å². The predicted octanol–water partition coefficient (Wildman–Crippen LogP) is 6.66. The maximum atomic E-state index is 13.8. The molecule has 3 nitrogen and oxygen atoms in total. The van der Waals surface area contributed by atoms with Crippen molar-refractivity contribution >= 4 is 16.6 Å². The van der Waals surface area contributed by atoms with Crippen molar-refractivity contribution in [3.63, 3.8) is 0 Å². The molecule has 0 saturated carbocycles. The molecular formula is C30H29FN2O. The van der Waals surface area contributed by atoms with Crippen LogP contribution in [0.4, 0.5) is 10.1 Å².